The number of hydrogen-bond donors (Lipinski definition) is 1. The molecule has 1 aromatic carbocycles. The average molecular weight is 263 g/mol. The van der Waals surface area contributed by atoms with Crippen molar-refractivity contribution < 1.29 is 19.4 Å². The Morgan fingerprint density at radius 1 is 1.37 bits per heavy atom. The summed E-state index contributed by atoms with van der Waals surface area (Å²) in [7, 11) is 1.61. The molecule has 0 saturated carbocycles. The van der Waals surface area contributed by atoms with Gasteiger partial charge in [-0.3, -0.25) is 0 Å². The lowest BCUT2D eigenvalue weighted by molar-refractivity contribution is 0.0131. The van der Waals surface area contributed by atoms with Crippen LogP contribution in [-0.4, -0.2) is 36.8 Å². The van der Waals surface area contributed by atoms with Crippen molar-refractivity contribution in [3.63, 3.8) is 0 Å². The van der Waals surface area contributed by atoms with Gasteiger partial charge >= 0.3 is 0 Å². The van der Waals surface area contributed by atoms with Gasteiger partial charge < -0.3 is 19.4 Å². The summed E-state index contributed by atoms with van der Waals surface area (Å²) in [6.45, 7) is 0.779. The van der Waals surface area contributed by atoms with E-state index in [-0.39, 0.29) is 12.2 Å². The van der Waals surface area contributed by atoms with Gasteiger partial charge in [0.15, 0.2) is 0 Å². The number of oxime groups is 1. The van der Waals surface area contributed by atoms with E-state index in [4.69, 9.17) is 14.2 Å². The molecule has 102 valence electrons. The highest BCUT2D eigenvalue weighted by Crippen LogP contribution is 2.34. The topological polar surface area (TPSA) is 60.3 Å². The van der Waals surface area contributed by atoms with Crippen LogP contribution >= 0.6 is 0 Å². The molecule has 0 amide bonds. The van der Waals surface area contributed by atoms with Crippen molar-refractivity contribution in [3.05, 3.63) is 23.8 Å². The van der Waals surface area contributed by atoms with Crippen LogP contribution < -0.4 is 9.47 Å². The third-order valence-electron chi connectivity index (χ3n) is 3.67. The second kappa shape index (κ2) is 5.09. The summed E-state index contributed by atoms with van der Waals surface area (Å²) < 4.78 is 16.9. The highest BCUT2D eigenvalue weighted by molar-refractivity contribution is 6.03. The van der Waals surface area contributed by atoms with Crippen LogP contribution in [0.15, 0.2) is 23.4 Å². The molecule has 2 heterocycles. The Balaban J connectivity index is 1.92. The number of ether oxygens (including phenoxy) is 3. The van der Waals surface area contributed by atoms with Gasteiger partial charge in [0.1, 0.15) is 17.6 Å². The zero-order chi connectivity index (χ0) is 13.2. The third kappa shape index (κ3) is 2.26. The first-order valence-electron chi connectivity index (χ1n) is 6.49. The van der Waals surface area contributed by atoms with E-state index in [1.165, 1.54) is 0 Å². The lowest BCUT2D eigenvalue weighted by Crippen LogP contribution is -2.37. The molecule has 1 N–H and O–H groups in total. The predicted octanol–water partition coefficient (Wildman–Crippen LogP) is 2.20. The van der Waals surface area contributed by atoms with Gasteiger partial charge in [0.05, 0.1) is 18.9 Å². The van der Waals surface area contributed by atoms with Crippen LogP contribution in [0.5, 0.6) is 11.5 Å². The summed E-state index contributed by atoms with van der Waals surface area (Å²) in [4.78, 5) is 0. The second-order valence-electron chi connectivity index (χ2n) is 4.82. The van der Waals surface area contributed by atoms with Gasteiger partial charge in [-0.25, -0.2) is 0 Å². The molecule has 2 aliphatic rings. The quantitative estimate of drug-likeness (QED) is 0.656. The summed E-state index contributed by atoms with van der Waals surface area (Å²) >= 11 is 0. The highest BCUT2D eigenvalue weighted by Gasteiger charge is 2.34. The van der Waals surface area contributed by atoms with Crippen molar-refractivity contribution in [1.82, 2.24) is 0 Å². The summed E-state index contributed by atoms with van der Waals surface area (Å²) in [5.41, 5.74) is 1.46. The minimum Gasteiger partial charge on any atom is -0.497 e. The first-order valence-corrected chi connectivity index (χ1v) is 6.49. The summed E-state index contributed by atoms with van der Waals surface area (Å²) in [6, 6.07) is 5.51. The molecule has 0 aliphatic carbocycles. The molecule has 0 spiro atoms. The fourth-order valence-corrected chi connectivity index (χ4v) is 2.67. The largest absolute Gasteiger partial charge is 0.497 e. The van der Waals surface area contributed by atoms with Crippen LogP contribution in [0, 0.1) is 0 Å². The Kier molecular flexibility index (Phi) is 3.29. The second-order valence-corrected chi connectivity index (χ2v) is 4.82. The van der Waals surface area contributed by atoms with E-state index in [1.807, 2.05) is 18.2 Å². The fourth-order valence-electron chi connectivity index (χ4n) is 2.67. The van der Waals surface area contributed by atoms with E-state index in [1.54, 1.807) is 7.11 Å². The molecule has 0 aromatic heterocycles. The van der Waals surface area contributed by atoms with Gasteiger partial charge in [-0.2, -0.15) is 0 Å². The van der Waals surface area contributed by atoms with Crippen molar-refractivity contribution in [3.8, 4) is 11.5 Å². The maximum Gasteiger partial charge on any atom is 0.132 e. The molecular formula is C14H17NO4. The Labute approximate surface area is 111 Å². The number of fused-ring (bicyclic) bond motifs is 1. The molecule has 2 unspecified atom stereocenters. The lowest BCUT2D eigenvalue weighted by Gasteiger charge is -2.30. The zero-order valence-corrected chi connectivity index (χ0v) is 10.8. The van der Waals surface area contributed by atoms with Crippen molar-refractivity contribution >= 4 is 5.71 Å². The molecule has 2 atom stereocenters. The molecule has 19 heavy (non-hydrogen) atoms. The monoisotopic (exact) mass is 263 g/mol. The third-order valence-corrected chi connectivity index (χ3v) is 3.67. The van der Waals surface area contributed by atoms with E-state index in [0.29, 0.717) is 17.9 Å². The first kappa shape index (κ1) is 12.3. The summed E-state index contributed by atoms with van der Waals surface area (Å²) in [6.07, 6.45) is 2.61. The number of nitrogens with zero attached hydrogens (tertiary/aromatic N) is 1. The normalized spacial score (nSPS) is 27.9. The van der Waals surface area contributed by atoms with E-state index in [0.717, 1.165) is 30.8 Å². The minimum atomic E-state index is -0.0898. The van der Waals surface area contributed by atoms with Crippen molar-refractivity contribution in [2.75, 3.05) is 13.7 Å². The van der Waals surface area contributed by atoms with E-state index in [9.17, 15) is 5.21 Å². The first-order chi connectivity index (χ1) is 9.31. The van der Waals surface area contributed by atoms with Crippen molar-refractivity contribution in [1.29, 1.82) is 0 Å². The zero-order valence-electron chi connectivity index (χ0n) is 10.8. The average Bonchev–Trinajstić information content (AvgIpc) is 2.99. The van der Waals surface area contributed by atoms with Gasteiger partial charge in [-0.05, 0) is 25.0 Å². The molecule has 2 aliphatic heterocycles. The Morgan fingerprint density at radius 3 is 2.95 bits per heavy atom. The maximum atomic E-state index is 9.19. The van der Waals surface area contributed by atoms with Crippen molar-refractivity contribution in [2.45, 2.75) is 31.5 Å². The van der Waals surface area contributed by atoms with Gasteiger partial charge in [0.2, 0.25) is 0 Å². The molecule has 3 rings (SSSR count). The van der Waals surface area contributed by atoms with Crippen LogP contribution in [0.1, 0.15) is 24.8 Å². The fraction of sp³-hybridized carbons (Fsp3) is 0.500. The smallest absolute Gasteiger partial charge is 0.132 e. The Bertz CT molecular complexity index is 494. The minimum absolute atomic E-state index is 0.0797. The number of hydrogen-bond acceptors (Lipinski definition) is 5. The Hall–Kier alpha value is -1.75. The van der Waals surface area contributed by atoms with Gasteiger partial charge in [0, 0.05) is 24.7 Å². The summed E-state index contributed by atoms with van der Waals surface area (Å²) in [5.74, 6) is 1.42. The molecule has 0 bridgehead atoms. The standard InChI is InChI=1S/C14H17NO4/c1-17-9-4-5-10-11(15-16)8-14(19-13(10)7-9)12-3-2-6-18-12/h4-5,7,12,14,16H,2-3,6,8H2,1H3. The molecule has 1 fully saturated rings. The van der Waals surface area contributed by atoms with E-state index >= 15 is 0 Å². The van der Waals surface area contributed by atoms with E-state index < -0.39 is 0 Å². The van der Waals surface area contributed by atoms with Gasteiger partial charge in [-0.15, -0.1) is 0 Å². The molecule has 0 radical (unpaired) electrons. The lowest BCUT2D eigenvalue weighted by atomic mass is 9.96. The molecular weight excluding hydrogens is 246 g/mol. The highest BCUT2D eigenvalue weighted by atomic mass is 16.5. The van der Waals surface area contributed by atoms with Gasteiger partial charge in [-0.1, -0.05) is 5.16 Å². The molecule has 1 saturated heterocycles. The van der Waals surface area contributed by atoms with Crippen LogP contribution in [0.4, 0.5) is 0 Å². The SMILES string of the molecule is COc1ccc2c(c1)OC(C1CCCO1)CC2=NO. The molecule has 1 aromatic rings. The molecule has 5 heteroatoms. The molecule has 5 nitrogen and oxygen atoms in total. The van der Waals surface area contributed by atoms with Crippen LogP contribution in [0.2, 0.25) is 0 Å². The van der Waals surface area contributed by atoms with Gasteiger partial charge in [0.25, 0.3) is 0 Å². The number of rotatable bonds is 2. The predicted molar refractivity (Wildman–Crippen MR) is 69.3 cm³/mol. The number of methoxy groups -OCH3 is 1. The van der Waals surface area contributed by atoms with E-state index in [2.05, 4.69) is 5.16 Å². The van der Waals surface area contributed by atoms with Crippen LogP contribution in [-0.2, 0) is 4.74 Å². The summed E-state index contributed by atoms with van der Waals surface area (Å²) in [5, 5.41) is 12.6. The van der Waals surface area contributed by atoms with Crippen LogP contribution in [0.25, 0.3) is 0 Å². The van der Waals surface area contributed by atoms with Crippen LogP contribution in [0.3, 0.4) is 0 Å². The van der Waals surface area contributed by atoms with Crippen molar-refractivity contribution in [2.24, 2.45) is 5.16 Å². The maximum absolute atomic E-state index is 9.19. The number of benzene rings is 1. The Morgan fingerprint density at radius 2 is 2.26 bits per heavy atom.